The number of fused-ring (bicyclic) bond motifs is 1. The van der Waals surface area contributed by atoms with Crippen molar-refractivity contribution in [2.24, 2.45) is 0 Å². The molecule has 3 aromatic rings. The fourth-order valence-electron chi connectivity index (χ4n) is 2.54. The molecule has 5 nitrogen and oxygen atoms in total. The van der Waals surface area contributed by atoms with Gasteiger partial charge in [0, 0.05) is 17.8 Å². The van der Waals surface area contributed by atoms with Crippen molar-refractivity contribution in [2.75, 3.05) is 0 Å². The minimum atomic E-state index is -0.149. The van der Waals surface area contributed by atoms with Crippen molar-refractivity contribution < 1.29 is 5.11 Å². The maximum atomic E-state index is 12.2. The van der Waals surface area contributed by atoms with Gasteiger partial charge in [0.2, 0.25) is 0 Å². The standard InChI is InChI=1S/C16H17N3O2/c1-10(2)19-7-13(12-5-3-4-11(6-12)8-20)14-15(19)17-9-18-16(14)21/h3-7,9-10,20H,8H2,1-2H3,(H,17,18,21). The van der Waals surface area contributed by atoms with Crippen LogP contribution in [0.25, 0.3) is 22.2 Å². The van der Waals surface area contributed by atoms with Crippen LogP contribution in [0.4, 0.5) is 0 Å². The molecule has 0 bridgehead atoms. The predicted molar refractivity (Wildman–Crippen MR) is 82.1 cm³/mol. The molecule has 2 N–H and O–H groups in total. The van der Waals surface area contributed by atoms with E-state index in [0.717, 1.165) is 16.7 Å². The van der Waals surface area contributed by atoms with Crippen molar-refractivity contribution in [2.45, 2.75) is 26.5 Å². The number of aromatic nitrogens is 3. The smallest absolute Gasteiger partial charge is 0.260 e. The van der Waals surface area contributed by atoms with Crippen LogP contribution in [-0.2, 0) is 6.61 Å². The molecule has 108 valence electrons. The molecule has 21 heavy (non-hydrogen) atoms. The first-order valence-electron chi connectivity index (χ1n) is 6.90. The Kier molecular flexibility index (Phi) is 3.35. The van der Waals surface area contributed by atoms with Crippen LogP contribution in [0.5, 0.6) is 0 Å². The first-order chi connectivity index (χ1) is 10.1. The number of aliphatic hydroxyl groups excluding tert-OH is 1. The van der Waals surface area contributed by atoms with Gasteiger partial charge < -0.3 is 14.7 Å². The van der Waals surface area contributed by atoms with E-state index in [1.165, 1.54) is 6.33 Å². The van der Waals surface area contributed by atoms with Gasteiger partial charge in [-0.15, -0.1) is 0 Å². The molecule has 2 heterocycles. The van der Waals surface area contributed by atoms with Crippen molar-refractivity contribution in [1.82, 2.24) is 14.5 Å². The van der Waals surface area contributed by atoms with Crippen LogP contribution < -0.4 is 5.56 Å². The molecular weight excluding hydrogens is 266 g/mol. The normalized spacial score (nSPS) is 11.4. The third-order valence-electron chi connectivity index (χ3n) is 3.59. The molecule has 0 fully saturated rings. The summed E-state index contributed by atoms with van der Waals surface area (Å²) in [5, 5.41) is 9.87. The lowest BCUT2D eigenvalue weighted by Crippen LogP contribution is -2.08. The lowest BCUT2D eigenvalue weighted by molar-refractivity contribution is 0.282. The Morgan fingerprint density at radius 3 is 2.90 bits per heavy atom. The van der Waals surface area contributed by atoms with Crippen molar-refractivity contribution >= 4 is 11.0 Å². The topological polar surface area (TPSA) is 70.9 Å². The first-order valence-corrected chi connectivity index (χ1v) is 6.90. The van der Waals surface area contributed by atoms with E-state index in [4.69, 9.17) is 0 Å². The predicted octanol–water partition coefficient (Wildman–Crippen LogP) is 2.46. The Hall–Kier alpha value is -2.40. The average molecular weight is 283 g/mol. The van der Waals surface area contributed by atoms with Crippen LogP contribution in [0.15, 0.2) is 41.6 Å². The van der Waals surface area contributed by atoms with E-state index in [0.29, 0.717) is 11.0 Å². The van der Waals surface area contributed by atoms with Crippen molar-refractivity contribution in [3.63, 3.8) is 0 Å². The van der Waals surface area contributed by atoms with E-state index in [1.54, 1.807) is 0 Å². The summed E-state index contributed by atoms with van der Waals surface area (Å²) in [6.07, 6.45) is 3.38. The zero-order valence-corrected chi connectivity index (χ0v) is 12.0. The third-order valence-corrected chi connectivity index (χ3v) is 3.59. The molecule has 0 aliphatic rings. The third kappa shape index (κ3) is 2.25. The fraction of sp³-hybridized carbons (Fsp3) is 0.250. The number of aromatic amines is 1. The lowest BCUT2D eigenvalue weighted by atomic mass is 10.0. The van der Waals surface area contributed by atoms with Gasteiger partial charge in [0.05, 0.1) is 18.3 Å². The van der Waals surface area contributed by atoms with Gasteiger partial charge in [-0.3, -0.25) is 4.79 Å². The van der Waals surface area contributed by atoms with Gasteiger partial charge in [0.25, 0.3) is 5.56 Å². The summed E-state index contributed by atoms with van der Waals surface area (Å²) >= 11 is 0. The second kappa shape index (κ2) is 5.18. The van der Waals surface area contributed by atoms with Crippen LogP contribution in [-0.4, -0.2) is 19.6 Å². The Morgan fingerprint density at radius 1 is 1.38 bits per heavy atom. The van der Waals surface area contributed by atoms with Gasteiger partial charge in [-0.1, -0.05) is 18.2 Å². The highest BCUT2D eigenvalue weighted by atomic mass is 16.3. The van der Waals surface area contributed by atoms with Crippen LogP contribution in [0, 0.1) is 0 Å². The van der Waals surface area contributed by atoms with Gasteiger partial charge >= 0.3 is 0 Å². The van der Waals surface area contributed by atoms with E-state index in [2.05, 4.69) is 23.8 Å². The Balaban J connectivity index is 2.34. The second-order valence-corrected chi connectivity index (χ2v) is 5.33. The molecule has 5 heteroatoms. The summed E-state index contributed by atoms with van der Waals surface area (Å²) in [6, 6.07) is 7.77. The Labute approximate surface area is 121 Å². The average Bonchev–Trinajstić information content (AvgIpc) is 2.88. The quantitative estimate of drug-likeness (QED) is 0.775. The molecule has 2 aromatic heterocycles. The van der Waals surface area contributed by atoms with E-state index < -0.39 is 0 Å². The molecule has 0 radical (unpaired) electrons. The molecule has 0 saturated heterocycles. The lowest BCUT2D eigenvalue weighted by Gasteiger charge is -2.07. The highest BCUT2D eigenvalue weighted by Crippen LogP contribution is 2.29. The molecule has 0 amide bonds. The summed E-state index contributed by atoms with van der Waals surface area (Å²) in [7, 11) is 0. The van der Waals surface area contributed by atoms with E-state index in [1.807, 2.05) is 35.0 Å². The van der Waals surface area contributed by atoms with Gasteiger partial charge in [-0.05, 0) is 31.0 Å². The number of hydrogen-bond donors (Lipinski definition) is 2. The number of nitrogens with one attached hydrogen (secondary N) is 1. The largest absolute Gasteiger partial charge is 0.392 e. The number of nitrogens with zero attached hydrogens (tertiary/aromatic N) is 2. The number of aliphatic hydroxyl groups is 1. The van der Waals surface area contributed by atoms with Crippen molar-refractivity contribution in [1.29, 1.82) is 0 Å². The number of hydrogen-bond acceptors (Lipinski definition) is 3. The summed E-state index contributed by atoms with van der Waals surface area (Å²) < 4.78 is 1.99. The maximum absolute atomic E-state index is 12.2. The van der Waals surface area contributed by atoms with Gasteiger partial charge in [0.1, 0.15) is 5.65 Å². The molecular formula is C16H17N3O2. The molecule has 1 aromatic carbocycles. The Morgan fingerprint density at radius 2 is 2.19 bits per heavy atom. The number of H-pyrrole nitrogens is 1. The zero-order valence-electron chi connectivity index (χ0n) is 12.0. The minimum absolute atomic E-state index is 0.0226. The van der Waals surface area contributed by atoms with Crippen LogP contribution in [0.1, 0.15) is 25.5 Å². The minimum Gasteiger partial charge on any atom is -0.392 e. The van der Waals surface area contributed by atoms with Gasteiger partial charge in [0.15, 0.2) is 0 Å². The first kappa shape index (κ1) is 13.6. The molecule has 3 rings (SSSR count). The van der Waals surface area contributed by atoms with Gasteiger partial charge in [-0.25, -0.2) is 4.98 Å². The molecule has 0 unspecified atom stereocenters. The van der Waals surface area contributed by atoms with E-state index in [-0.39, 0.29) is 18.2 Å². The SMILES string of the molecule is CC(C)n1cc(-c2cccc(CO)c2)c2c(=O)[nH]cnc21. The highest BCUT2D eigenvalue weighted by molar-refractivity contribution is 5.93. The monoisotopic (exact) mass is 283 g/mol. The van der Waals surface area contributed by atoms with Crippen molar-refractivity contribution in [3.8, 4) is 11.1 Å². The fourth-order valence-corrected chi connectivity index (χ4v) is 2.54. The molecule has 0 saturated carbocycles. The molecule has 0 spiro atoms. The summed E-state index contributed by atoms with van der Waals surface area (Å²) in [5.41, 5.74) is 3.09. The molecule has 0 aliphatic heterocycles. The second-order valence-electron chi connectivity index (χ2n) is 5.33. The molecule has 0 aliphatic carbocycles. The number of rotatable bonds is 3. The zero-order chi connectivity index (χ0) is 15.0. The summed E-state index contributed by atoms with van der Waals surface area (Å²) in [4.78, 5) is 19.2. The maximum Gasteiger partial charge on any atom is 0.260 e. The van der Waals surface area contributed by atoms with Crippen LogP contribution in [0.2, 0.25) is 0 Å². The van der Waals surface area contributed by atoms with E-state index in [9.17, 15) is 9.90 Å². The van der Waals surface area contributed by atoms with E-state index >= 15 is 0 Å². The molecule has 0 atom stereocenters. The van der Waals surface area contributed by atoms with Crippen molar-refractivity contribution in [3.05, 3.63) is 52.7 Å². The van der Waals surface area contributed by atoms with Gasteiger partial charge in [-0.2, -0.15) is 0 Å². The highest BCUT2D eigenvalue weighted by Gasteiger charge is 2.16. The summed E-state index contributed by atoms with van der Waals surface area (Å²) in [5.74, 6) is 0. The number of benzene rings is 1. The summed E-state index contributed by atoms with van der Waals surface area (Å²) in [6.45, 7) is 4.08. The van der Waals surface area contributed by atoms with Crippen LogP contribution >= 0.6 is 0 Å². The Bertz CT molecular complexity index is 846. The van der Waals surface area contributed by atoms with Crippen LogP contribution in [0.3, 0.4) is 0 Å².